The molecule has 4 rings (SSSR count). The van der Waals surface area contributed by atoms with Gasteiger partial charge in [-0.15, -0.1) is 0 Å². The fourth-order valence-electron chi connectivity index (χ4n) is 4.55. The van der Waals surface area contributed by atoms with E-state index < -0.39 is 0 Å². The van der Waals surface area contributed by atoms with Crippen LogP contribution >= 0.6 is 0 Å². The second-order valence-electron chi connectivity index (χ2n) is 7.61. The molecule has 0 aromatic heterocycles. The van der Waals surface area contributed by atoms with E-state index in [4.69, 9.17) is 4.74 Å². The maximum absolute atomic E-state index is 12.4. The highest BCUT2D eigenvalue weighted by Crippen LogP contribution is 2.25. The van der Waals surface area contributed by atoms with Crippen molar-refractivity contribution >= 4 is 11.7 Å². The minimum Gasteiger partial charge on any atom is -0.381 e. The summed E-state index contributed by atoms with van der Waals surface area (Å²) in [5.74, 6) is 0.540. The molecular formula is C20H29N3O2. The molecule has 25 heavy (non-hydrogen) atoms. The third-order valence-corrected chi connectivity index (χ3v) is 5.95. The van der Waals surface area contributed by atoms with Gasteiger partial charge in [-0.25, -0.2) is 4.79 Å². The number of hydrogen-bond acceptors (Lipinski definition) is 3. The second kappa shape index (κ2) is 7.75. The van der Waals surface area contributed by atoms with Gasteiger partial charge < -0.3 is 15.4 Å². The molecule has 136 valence electrons. The molecule has 2 saturated heterocycles. The monoisotopic (exact) mass is 343 g/mol. The number of ether oxygens (including phenoxy) is 1. The highest BCUT2D eigenvalue weighted by Gasteiger charge is 2.32. The Balaban J connectivity index is 1.33. The van der Waals surface area contributed by atoms with Crippen molar-refractivity contribution in [3.05, 3.63) is 29.3 Å². The summed E-state index contributed by atoms with van der Waals surface area (Å²) in [6, 6.07) is 6.61. The second-order valence-corrected chi connectivity index (χ2v) is 7.61. The molecule has 2 amide bonds. The number of hydrogen-bond donors (Lipinski definition) is 2. The lowest BCUT2D eigenvalue weighted by Crippen LogP contribution is -2.48. The van der Waals surface area contributed by atoms with Crippen molar-refractivity contribution in [3.8, 4) is 0 Å². The number of aryl methyl sites for hydroxylation is 2. The lowest BCUT2D eigenvalue weighted by atomic mass is 9.97. The molecule has 1 aromatic carbocycles. The Morgan fingerprint density at radius 2 is 2.04 bits per heavy atom. The summed E-state index contributed by atoms with van der Waals surface area (Å²) < 4.78 is 5.59. The van der Waals surface area contributed by atoms with Crippen LogP contribution in [0.5, 0.6) is 0 Å². The number of carbonyl (C=O) groups excluding carboxylic acids is 1. The molecule has 5 heteroatoms. The first kappa shape index (κ1) is 16.9. The average molecular weight is 343 g/mol. The van der Waals surface area contributed by atoms with Gasteiger partial charge in [-0.1, -0.05) is 6.07 Å². The van der Waals surface area contributed by atoms with Gasteiger partial charge in [-0.2, -0.15) is 0 Å². The fraction of sp³-hybridized carbons (Fsp3) is 0.650. The molecule has 2 N–H and O–H groups in total. The molecule has 5 nitrogen and oxygen atoms in total. The van der Waals surface area contributed by atoms with Gasteiger partial charge in [0, 0.05) is 30.8 Å². The first-order valence-electron chi connectivity index (χ1n) is 9.78. The summed E-state index contributed by atoms with van der Waals surface area (Å²) in [7, 11) is 0. The average Bonchev–Trinajstić information content (AvgIpc) is 3.37. The zero-order valence-corrected chi connectivity index (χ0v) is 14.9. The first-order chi connectivity index (χ1) is 12.3. The molecule has 2 fully saturated rings. The van der Waals surface area contributed by atoms with Crippen molar-refractivity contribution in [2.24, 2.45) is 5.92 Å². The predicted octanol–water partition coefficient (Wildman–Crippen LogP) is 2.80. The van der Waals surface area contributed by atoms with Crippen LogP contribution in [0.25, 0.3) is 0 Å². The van der Waals surface area contributed by atoms with Gasteiger partial charge in [0.1, 0.15) is 0 Å². The smallest absolute Gasteiger partial charge is 0.319 e. The van der Waals surface area contributed by atoms with Gasteiger partial charge in [-0.05, 0) is 74.9 Å². The van der Waals surface area contributed by atoms with Gasteiger partial charge in [0.05, 0.1) is 6.61 Å². The zero-order valence-electron chi connectivity index (χ0n) is 14.9. The van der Waals surface area contributed by atoms with Gasteiger partial charge >= 0.3 is 6.03 Å². The third kappa shape index (κ3) is 3.98. The molecule has 2 heterocycles. The summed E-state index contributed by atoms with van der Waals surface area (Å²) in [5, 5.41) is 6.11. The van der Waals surface area contributed by atoms with E-state index in [0.717, 1.165) is 44.8 Å². The van der Waals surface area contributed by atoms with E-state index in [9.17, 15) is 4.79 Å². The number of benzene rings is 1. The highest BCUT2D eigenvalue weighted by atomic mass is 16.5. The van der Waals surface area contributed by atoms with E-state index in [0.29, 0.717) is 18.5 Å². The van der Waals surface area contributed by atoms with E-state index in [1.54, 1.807) is 0 Å². The molecule has 3 aliphatic rings. The Morgan fingerprint density at radius 1 is 1.20 bits per heavy atom. The van der Waals surface area contributed by atoms with Crippen molar-refractivity contribution in [1.82, 2.24) is 10.2 Å². The third-order valence-electron chi connectivity index (χ3n) is 5.95. The van der Waals surface area contributed by atoms with Crippen LogP contribution < -0.4 is 10.6 Å². The van der Waals surface area contributed by atoms with Crippen molar-refractivity contribution in [1.29, 1.82) is 0 Å². The number of urea groups is 1. The number of nitrogens with one attached hydrogen (secondary N) is 2. The molecule has 2 atom stereocenters. The lowest BCUT2D eigenvalue weighted by molar-refractivity contribution is 0.135. The molecule has 0 radical (unpaired) electrons. The molecule has 0 saturated carbocycles. The minimum atomic E-state index is -0.0962. The number of nitrogens with zero attached hydrogens (tertiary/aromatic N) is 1. The van der Waals surface area contributed by atoms with E-state index in [1.807, 2.05) is 6.07 Å². The van der Waals surface area contributed by atoms with Gasteiger partial charge in [0.25, 0.3) is 0 Å². The first-order valence-corrected chi connectivity index (χ1v) is 9.78. The Labute approximate surface area is 150 Å². The van der Waals surface area contributed by atoms with Crippen LogP contribution in [0.1, 0.15) is 36.8 Å². The van der Waals surface area contributed by atoms with Crippen LogP contribution in [-0.2, 0) is 17.6 Å². The normalized spacial score (nSPS) is 24.2. The van der Waals surface area contributed by atoms with Gasteiger partial charge in [0.2, 0.25) is 0 Å². The number of carbonyl (C=O) groups is 1. The van der Waals surface area contributed by atoms with Gasteiger partial charge in [0.15, 0.2) is 0 Å². The topological polar surface area (TPSA) is 53.6 Å². The van der Waals surface area contributed by atoms with Crippen molar-refractivity contribution in [3.63, 3.8) is 0 Å². The zero-order chi connectivity index (χ0) is 17.1. The predicted molar refractivity (Wildman–Crippen MR) is 99.0 cm³/mol. The number of likely N-dealkylation sites (tertiary alicyclic amines) is 1. The molecule has 0 bridgehead atoms. The minimum absolute atomic E-state index is 0.0962. The Morgan fingerprint density at radius 3 is 2.84 bits per heavy atom. The Hall–Kier alpha value is -1.59. The van der Waals surface area contributed by atoms with Crippen LogP contribution in [0.15, 0.2) is 18.2 Å². The number of fused-ring (bicyclic) bond motifs is 1. The number of anilines is 1. The lowest BCUT2D eigenvalue weighted by Gasteiger charge is -2.32. The SMILES string of the molecule is O=C(NC[C@@H]([C@@H]1CCOC1)N1CCCC1)Nc1ccc2c(c1)CCC2. The standard InChI is InChI=1S/C20H29N3O2/c24-20(22-18-7-6-15-4-3-5-16(15)12-18)21-13-19(17-8-11-25-14-17)23-9-1-2-10-23/h6-7,12,17,19H,1-5,8-11,13-14H2,(H2,21,22,24)/t17-,19+/m1/s1. The van der Waals surface area contributed by atoms with Crippen LogP contribution in [0, 0.1) is 5.92 Å². The van der Waals surface area contributed by atoms with Gasteiger partial charge in [-0.3, -0.25) is 4.90 Å². The Kier molecular flexibility index (Phi) is 5.22. The summed E-state index contributed by atoms with van der Waals surface area (Å²) in [4.78, 5) is 14.9. The van der Waals surface area contributed by atoms with E-state index in [1.165, 1.54) is 36.8 Å². The molecule has 0 spiro atoms. The van der Waals surface area contributed by atoms with E-state index in [-0.39, 0.29) is 6.03 Å². The largest absolute Gasteiger partial charge is 0.381 e. The van der Waals surface area contributed by atoms with E-state index >= 15 is 0 Å². The quantitative estimate of drug-likeness (QED) is 0.864. The number of rotatable bonds is 5. The maximum atomic E-state index is 12.4. The van der Waals surface area contributed by atoms with Crippen LogP contribution in [0.3, 0.4) is 0 Å². The maximum Gasteiger partial charge on any atom is 0.319 e. The Bertz CT molecular complexity index is 591. The molecule has 1 aromatic rings. The van der Waals surface area contributed by atoms with Crippen LogP contribution in [0.4, 0.5) is 10.5 Å². The molecule has 2 aliphatic heterocycles. The van der Waals surface area contributed by atoms with Crippen molar-refractivity contribution in [2.75, 3.05) is 38.2 Å². The number of amides is 2. The van der Waals surface area contributed by atoms with Crippen LogP contribution in [0.2, 0.25) is 0 Å². The highest BCUT2D eigenvalue weighted by molar-refractivity contribution is 5.89. The molecule has 1 aliphatic carbocycles. The summed E-state index contributed by atoms with van der Waals surface area (Å²) in [6.45, 7) is 4.68. The fourth-order valence-corrected chi connectivity index (χ4v) is 4.55. The van der Waals surface area contributed by atoms with Crippen molar-refractivity contribution in [2.45, 2.75) is 44.6 Å². The summed E-state index contributed by atoms with van der Waals surface area (Å²) in [6.07, 6.45) is 7.17. The van der Waals surface area contributed by atoms with Crippen molar-refractivity contribution < 1.29 is 9.53 Å². The van der Waals surface area contributed by atoms with E-state index in [2.05, 4.69) is 27.7 Å². The van der Waals surface area contributed by atoms with Crippen LogP contribution in [-0.4, -0.2) is 49.8 Å². The molecule has 0 unspecified atom stereocenters. The molecular weight excluding hydrogens is 314 g/mol. The summed E-state index contributed by atoms with van der Waals surface area (Å²) >= 11 is 0. The summed E-state index contributed by atoms with van der Waals surface area (Å²) in [5.41, 5.74) is 3.72.